The number of carbonyl (C=O) groups is 2. The number of aliphatic carboxylic acids is 1. The van der Waals surface area contributed by atoms with Crippen molar-refractivity contribution in [3.05, 3.63) is 34.3 Å². The van der Waals surface area contributed by atoms with Gasteiger partial charge in [-0.3, -0.25) is 9.59 Å². The molecular weight excluding hydrogens is 290 g/mol. The Bertz CT molecular complexity index is 488. The van der Waals surface area contributed by atoms with E-state index in [-0.39, 0.29) is 12.3 Å². The number of carboxylic acid groups (broad SMARTS) is 1. The zero-order valence-electron chi connectivity index (χ0n) is 12.3. The van der Waals surface area contributed by atoms with Crippen molar-refractivity contribution in [2.45, 2.75) is 45.4 Å². The van der Waals surface area contributed by atoms with Gasteiger partial charge in [0, 0.05) is 23.6 Å². The van der Waals surface area contributed by atoms with Crippen LogP contribution in [0.5, 0.6) is 0 Å². The van der Waals surface area contributed by atoms with Crippen molar-refractivity contribution >= 4 is 23.5 Å². The minimum atomic E-state index is -0.736. The van der Waals surface area contributed by atoms with Gasteiger partial charge in [-0.25, -0.2) is 0 Å². The van der Waals surface area contributed by atoms with Crippen LogP contribution in [0, 0.1) is 6.92 Å². The van der Waals surface area contributed by atoms with E-state index in [2.05, 4.69) is 5.32 Å². The van der Waals surface area contributed by atoms with Crippen LogP contribution in [0.4, 0.5) is 0 Å². The Kier molecular flexibility index (Phi) is 7.83. The Balaban J connectivity index is 2.13. The van der Waals surface area contributed by atoms with Gasteiger partial charge in [0.25, 0.3) is 5.91 Å². The van der Waals surface area contributed by atoms with E-state index in [4.69, 9.17) is 16.7 Å². The minimum Gasteiger partial charge on any atom is -0.481 e. The van der Waals surface area contributed by atoms with Crippen molar-refractivity contribution in [2.75, 3.05) is 6.54 Å². The molecule has 1 amide bonds. The lowest BCUT2D eigenvalue weighted by atomic mass is 10.1. The first-order valence-corrected chi connectivity index (χ1v) is 7.64. The third-order valence-electron chi connectivity index (χ3n) is 3.27. The summed E-state index contributed by atoms with van der Waals surface area (Å²) < 4.78 is 0. The lowest BCUT2D eigenvalue weighted by Gasteiger charge is -2.06. The van der Waals surface area contributed by atoms with Gasteiger partial charge in [-0.05, 0) is 43.5 Å². The fourth-order valence-electron chi connectivity index (χ4n) is 2.02. The van der Waals surface area contributed by atoms with Crippen LogP contribution >= 0.6 is 11.6 Å². The molecule has 0 saturated heterocycles. The summed E-state index contributed by atoms with van der Waals surface area (Å²) in [6, 6.07) is 5.23. The number of benzene rings is 1. The predicted molar refractivity (Wildman–Crippen MR) is 83.9 cm³/mol. The monoisotopic (exact) mass is 311 g/mol. The molecule has 1 aromatic carbocycles. The highest BCUT2D eigenvalue weighted by molar-refractivity contribution is 6.31. The zero-order chi connectivity index (χ0) is 15.7. The third kappa shape index (κ3) is 7.14. The molecule has 5 heteroatoms. The molecule has 0 saturated carbocycles. The zero-order valence-corrected chi connectivity index (χ0v) is 13.1. The number of hydrogen-bond donors (Lipinski definition) is 2. The molecular formula is C16H22ClNO3. The number of hydrogen-bond acceptors (Lipinski definition) is 2. The number of rotatable bonds is 9. The first-order valence-electron chi connectivity index (χ1n) is 7.27. The smallest absolute Gasteiger partial charge is 0.303 e. The van der Waals surface area contributed by atoms with Crippen LogP contribution in [0.2, 0.25) is 5.02 Å². The Morgan fingerprint density at radius 2 is 1.81 bits per heavy atom. The van der Waals surface area contributed by atoms with Crippen molar-refractivity contribution in [1.29, 1.82) is 0 Å². The summed E-state index contributed by atoms with van der Waals surface area (Å²) >= 11 is 5.92. The van der Waals surface area contributed by atoms with E-state index < -0.39 is 5.97 Å². The second-order valence-corrected chi connectivity index (χ2v) is 5.54. The molecule has 0 aromatic heterocycles. The second kappa shape index (κ2) is 9.40. The van der Waals surface area contributed by atoms with E-state index in [0.717, 1.165) is 37.7 Å². The van der Waals surface area contributed by atoms with Crippen molar-refractivity contribution < 1.29 is 14.7 Å². The molecule has 0 aliphatic heterocycles. The van der Waals surface area contributed by atoms with Crippen molar-refractivity contribution in [3.63, 3.8) is 0 Å². The van der Waals surface area contributed by atoms with Crippen LogP contribution in [0.15, 0.2) is 18.2 Å². The minimum absolute atomic E-state index is 0.0827. The number of halogens is 1. The van der Waals surface area contributed by atoms with Gasteiger partial charge in [0.15, 0.2) is 0 Å². The van der Waals surface area contributed by atoms with Crippen LogP contribution in [0.1, 0.15) is 54.4 Å². The molecule has 0 heterocycles. The van der Waals surface area contributed by atoms with Gasteiger partial charge in [0.2, 0.25) is 0 Å². The summed E-state index contributed by atoms with van der Waals surface area (Å²) in [5.74, 6) is -0.818. The highest BCUT2D eigenvalue weighted by atomic mass is 35.5. The highest BCUT2D eigenvalue weighted by Crippen LogP contribution is 2.16. The fraction of sp³-hybridized carbons (Fsp3) is 0.500. The average molecular weight is 312 g/mol. The molecule has 4 nitrogen and oxygen atoms in total. The second-order valence-electron chi connectivity index (χ2n) is 5.13. The van der Waals surface area contributed by atoms with Crippen LogP contribution in [-0.2, 0) is 4.79 Å². The quantitative estimate of drug-likeness (QED) is 0.682. The van der Waals surface area contributed by atoms with Crippen LogP contribution < -0.4 is 5.32 Å². The fourth-order valence-corrected chi connectivity index (χ4v) is 2.14. The number of carbonyl (C=O) groups excluding carboxylic acids is 1. The van der Waals surface area contributed by atoms with E-state index in [1.165, 1.54) is 0 Å². The number of amides is 1. The van der Waals surface area contributed by atoms with Crippen LogP contribution in [0.25, 0.3) is 0 Å². The van der Waals surface area contributed by atoms with Crippen molar-refractivity contribution in [2.24, 2.45) is 0 Å². The lowest BCUT2D eigenvalue weighted by molar-refractivity contribution is -0.137. The van der Waals surface area contributed by atoms with Gasteiger partial charge in [-0.1, -0.05) is 30.9 Å². The van der Waals surface area contributed by atoms with E-state index in [1.807, 2.05) is 6.92 Å². The van der Waals surface area contributed by atoms with Gasteiger partial charge in [-0.15, -0.1) is 0 Å². The number of nitrogens with one attached hydrogen (secondary N) is 1. The highest BCUT2D eigenvalue weighted by Gasteiger charge is 2.06. The van der Waals surface area contributed by atoms with Gasteiger partial charge in [0.1, 0.15) is 0 Å². The molecule has 21 heavy (non-hydrogen) atoms. The molecule has 1 aromatic rings. The molecule has 0 radical (unpaired) electrons. The van der Waals surface area contributed by atoms with Crippen molar-refractivity contribution in [1.82, 2.24) is 5.32 Å². The van der Waals surface area contributed by atoms with Gasteiger partial charge in [-0.2, -0.15) is 0 Å². The van der Waals surface area contributed by atoms with E-state index >= 15 is 0 Å². The van der Waals surface area contributed by atoms with Crippen LogP contribution in [-0.4, -0.2) is 23.5 Å². The molecule has 0 atom stereocenters. The molecule has 2 N–H and O–H groups in total. The van der Waals surface area contributed by atoms with E-state index in [1.54, 1.807) is 18.2 Å². The average Bonchev–Trinajstić information content (AvgIpc) is 2.44. The maximum atomic E-state index is 11.9. The summed E-state index contributed by atoms with van der Waals surface area (Å²) in [4.78, 5) is 22.2. The Labute approximate surface area is 130 Å². The summed E-state index contributed by atoms with van der Waals surface area (Å²) in [6.07, 6.45) is 4.81. The van der Waals surface area contributed by atoms with Crippen molar-refractivity contribution in [3.8, 4) is 0 Å². The number of carboxylic acids is 1. The molecule has 1 rings (SSSR count). The van der Waals surface area contributed by atoms with Gasteiger partial charge >= 0.3 is 5.97 Å². The maximum Gasteiger partial charge on any atom is 0.303 e. The maximum absolute atomic E-state index is 11.9. The van der Waals surface area contributed by atoms with E-state index in [0.29, 0.717) is 17.1 Å². The lowest BCUT2D eigenvalue weighted by Crippen LogP contribution is -2.24. The first-order chi connectivity index (χ1) is 10.0. The Morgan fingerprint density at radius 3 is 2.48 bits per heavy atom. The summed E-state index contributed by atoms with van der Waals surface area (Å²) in [6.45, 7) is 2.51. The van der Waals surface area contributed by atoms with Gasteiger partial charge < -0.3 is 10.4 Å². The molecule has 0 aliphatic rings. The number of unbranched alkanes of at least 4 members (excludes halogenated alkanes) is 4. The molecule has 0 bridgehead atoms. The Morgan fingerprint density at radius 1 is 1.14 bits per heavy atom. The predicted octanol–water partition coefficient (Wildman–Crippen LogP) is 3.80. The molecule has 0 unspecified atom stereocenters. The standard InChI is InChI=1S/C16H22ClNO3/c1-12-11-13(8-9-14(12)17)16(21)18-10-6-4-2-3-5-7-15(19)20/h8-9,11H,2-7,10H2,1H3,(H,18,21)(H,19,20). The summed E-state index contributed by atoms with van der Waals surface area (Å²) in [7, 11) is 0. The summed E-state index contributed by atoms with van der Waals surface area (Å²) in [5, 5.41) is 12.0. The molecule has 0 spiro atoms. The third-order valence-corrected chi connectivity index (χ3v) is 3.70. The van der Waals surface area contributed by atoms with Gasteiger partial charge in [0.05, 0.1) is 0 Å². The first kappa shape index (κ1) is 17.5. The number of aryl methyl sites for hydroxylation is 1. The molecule has 116 valence electrons. The van der Waals surface area contributed by atoms with E-state index in [9.17, 15) is 9.59 Å². The van der Waals surface area contributed by atoms with Crippen LogP contribution in [0.3, 0.4) is 0 Å². The molecule has 0 fully saturated rings. The Hall–Kier alpha value is -1.55. The largest absolute Gasteiger partial charge is 0.481 e. The molecule has 0 aliphatic carbocycles. The normalized spacial score (nSPS) is 10.4. The topological polar surface area (TPSA) is 66.4 Å². The SMILES string of the molecule is Cc1cc(C(=O)NCCCCCCCC(=O)O)ccc1Cl. The summed E-state index contributed by atoms with van der Waals surface area (Å²) in [5.41, 5.74) is 1.51.